The van der Waals surface area contributed by atoms with Gasteiger partial charge < -0.3 is 4.55 Å². The molecular formula is C12H26KNaO4S. The van der Waals surface area contributed by atoms with Crippen molar-refractivity contribution in [2.24, 2.45) is 0 Å². The number of hydrogen-bond donors (Lipinski definition) is 0. The Morgan fingerprint density at radius 1 is 0.842 bits per heavy atom. The zero-order valence-electron chi connectivity index (χ0n) is 11.8. The Bertz CT molecular complexity index is 260. The van der Waals surface area contributed by atoms with E-state index in [2.05, 4.69) is 11.1 Å². The van der Waals surface area contributed by atoms with Crippen LogP contribution < -0.4 is 29.6 Å². The van der Waals surface area contributed by atoms with Crippen LogP contribution in [0.25, 0.3) is 0 Å². The first-order valence-electron chi connectivity index (χ1n) is 6.66. The first-order chi connectivity index (χ1) is 8.06. The minimum Gasteiger partial charge on any atom is 1.00 e. The van der Waals surface area contributed by atoms with Gasteiger partial charge in [0, 0.05) is 0 Å². The summed E-state index contributed by atoms with van der Waals surface area (Å²) in [5.74, 6) is 0. The smallest absolute Gasteiger partial charge is 1.00 e. The van der Waals surface area contributed by atoms with Gasteiger partial charge >= 0.3 is 80.9 Å². The SMILES string of the molecule is CCCCCCCCCCCCOS(=O)(=O)[O-].[KH].[Na+]. The van der Waals surface area contributed by atoms with Crippen molar-refractivity contribution < 1.29 is 46.7 Å². The van der Waals surface area contributed by atoms with Crippen LogP contribution in [0.2, 0.25) is 0 Å². The van der Waals surface area contributed by atoms with Gasteiger partial charge in [0.2, 0.25) is 10.4 Å². The van der Waals surface area contributed by atoms with E-state index in [-0.39, 0.29) is 87.5 Å². The van der Waals surface area contributed by atoms with Gasteiger partial charge in [-0.2, -0.15) is 0 Å². The van der Waals surface area contributed by atoms with Crippen molar-refractivity contribution in [3.8, 4) is 0 Å². The molecule has 4 nitrogen and oxygen atoms in total. The molecule has 0 N–H and O–H groups in total. The van der Waals surface area contributed by atoms with Crippen molar-refractivity contribution in [1.29, 1.82) is 0 Å². The molecule has 0 aromatic carbocycles. The molecule has 0 atom stereocenters. The molecule has 106 valence electrons. The van der Waals surface area contributed by atoms with Gasteiger partial charge in [-0.25, -0.2) is 8.42 Å². The molecule has 0 radical (unpaired) electrons. The topological polar surface area (TPSA) is 66.4 Å². The van der Waals surface area contributed by atoms with E-state index >= 15 is 0 Å². The maximum absolute atomic E-state index is 10.1. The van der Waals surface area contributed by atoms with Crippen LogP contribution in [0.5, 0.6) is 0 Å². The minimum absolute atomic E-state index is 0. The zero-order chi connectivity index (χ0) is 13.0. The van der Waals surface area contributed by atoms with Crippen molar-refractivity contribution in [2.75, 3.05) is 6.61 Å². The van der Waals surface area contributed by atoms with Crippen molar-refractivity contribution in [3.05, 3.63) is 0 Å². The Balaban J connectivity index is -0.00000128. The summed E-state index contributed by atoms with van der Waals surface area (Å²) in [7, 11) is -4.48. The molecule has 0 unspecified atom stereocenters. The fraction of sp³-hybridized carbons (Fsp3) is 1.00. The fourth-order valence-electron chi connectivity index (χ4n) is 1.75. The Morgan fingerprint density at radius 3 is 1.58 bits per heavy atom. The normalized spacial score (nSPS) is 10.6. The predicted octanol–water partition coefficient (Wildman–Crippen LogP) is -0.260. The second-order valence-electron chi connectivity index (χ2n) is 4.41. The van der Waals surface area contributed by atoms with Gasteiger partial charge in [0.05, 0.1) is 6.61 Å². The van der Waals surface area contributed by atoms with Gasteiger partial charge in [0.15, 0.2) is 0 Å². The molecule has 0 bridgehead atoms. The summed E-state index contributed by atoms with van der Waals surface area (Å²) < 4.78 is 34.5. The Kier molecular flexibility index (Phi) is 25.8. The van der Waals surface area contributed by atoms with E-state index in [0.29, 0.717) is 6.42 Å². The van der Waals surface area contributed by atoms with Crippen molar-refractivity contribution in [2.45, 2.75) is 71.1 Å². The molecule has 0 spiro atoms. The first kappa shape index (κ1) is 26.4. The number of unbranched alkanes of at least 4 members (excludes halogenated alkanes) is 9. The van der Waals surface area contributed by atoms with Gasteiger partial charge in [-0.1, -0.05) is 64.7 Å². The molecule has 0 amide bonds. The summed E-state index contributed by atoms with van der Waals surface area (Å²) in [6.07, 6.45) is 11.7. The maximum Gasteiger partial charge on any atom is 1.00 e. The zero-order valence-corrected chi connectivity index (χ0v) is 14.6. The fourth-order valence-corrected chi connectivity index (χ4v) is 2.07. The van der Waals surface area contributed by atoms with E-state index in [1.807, 2.05) is 0 Å². The average Bonchev–Trinajstić information content (AvgIpc) is 2.24. The van der Waals surface area contributed by atoms with Crippen molar-refractivity contribution in [1.82, 2.24) is 0 Å². The third-order valence-corrected chi connectivity index (χ3v) is 3.18. The van der Waals surface area contributed by atoms with Gasteiger partial charge in [-0.3, -0.25) is 4.18 Å². The molecule has 0 saturated heterocycles. The van der Waals surface area contributed by atoms with Gasteiger partial charge in [0.25, 0.3) is 0 Å². The molecule has 0 aromatic heterocycles. The van der Waals surface area contributed by atoms with E-state index < -0.39 is 10.4 Å². The van der Waals surface area contributed by atoms with Gasteiger partial charge in [-0.05, 0) is 6.42 Å². The first-order valence-corrected chi connectivity index (χ1v) is 8.00. The van der Waals surface area contributed by atoms with Crippen LogP contribution in [0.4, 0.5) is 0 Å². The third-order valence-electron chi connectivity index (χ3n) is 2.73. The van der Waals surface area contributed by atoms with E-state index in [1.54, 1.807) is 0 Å². The molecular weight excluding hydrogens is 302 g/mol. The van der Waals surface area contributed by atoms with Crippen LogP contribution in [0.1, 0.15) is 71.1 Å². The predicted molar refractivity (Wildman–Crippen MR) is 74.6 cm³/mol. The van der Waals surface area contributed by atoms with Crippen LogP contribution in [0.3, 0.4) is 0 Å². The summed E-state index contributed by atoms with van der Waals surface area (Å²) in [6, 6.07) is 0. The van der Waals surface area contributed by atoms with Crippen molar-refractivity contribution >= 4 is 61.8 Å². The summed E-state index contributed by atoms with van der Waals surface area (Å²) in [6.45, 7) is 2.24. The van der Waals surface area contributed by atoms with E-state index in [0.717, 1.165) is 12.8 Å². The quantitative estimate of drug-likeness (QED) is 0.214. The number of hydrogen-bond acceptors (Lipinski definition) is 4. The molecule has 0 rings (SSSR count). The summed E-state index contributed by atoms with van der Waals surface area (Å²) in [5.41, 5.74) is 0. The van der Waals surface area contributed by atoms with Crippen LogP contribution in [0, 0.1) is 0 Å². The van der Waals surface area contributed by atoms with Crippen LogP contribution in [-0.2, 0) is 14.6 Å². The molecule has 0 aromatic rings. The average molecular weight is 328 g/mol. The molecule has 0 aliphatic rings. The third kappa shape index (κ3) is 25.8. The van der Waals surface area contributed by atoms with Gasteiger partial charge in [-0.15, -0.1) is 0 Å². The second kappa shape index (κ2) is 18.6. The monoisotopic (exact) mass is 328 g/mol. The van der Waals surface area contributed by atoms with Crippen molar-refractivity contribution in [3.63, 3.8) is 0 Å². The molecule has 0 fully saturated rings. The minimum atomic E-state index is -4.48. The van der Waals surface area contributed by atoms with Crippen LogP contribution >= 0.6 is 0 Å². The van der Waals surface area contributed by atoms with E-state index in [9.17, 15) is 13.0 Å². The second-order valence-corrected chi connectivity index (χ2v) is 5.46. The van der Waals surface area contributed by atoms with E-state index in [1.165, 1.54) is 44.9 Å². The number of rotatable bonds is 12. The summed E-state index contributed by atoms with van der Waals surface area (Å²) in [4.78, 5) is 0. The molecule has 0 saturated carbocycles. The van der Waals surface area contributed by atoms with Crippen LogP contribution in [-0.4, -0.2) is 71.0 Å². The maximum atomic E-state index is 10.1. The molecule has 0 aliphatic carbocycles. The molecule has 0 aliphatic heterocycles. The Morgan fingerprint density at radius 2 is 1.21 bits per heavy atom. The Hall–Kier alpha value is 2.51. The van der Waals surface area contributed by atoms with Crippen LogP contribution in [0.15, 0.2) is 0 Å². The molecule has 7 heteroatoms. The largest absolute Gasteiger partial charge is 1.00 e. The summed E-state index contributed by atoms with van der Waals surface area (Å²) in [5, 5.41) is 0. The summed E-state index contributed by atoms with van der Waals surface area (Å²) >= 11 is 0. The molecule has 0 heterocycles. The standard InChI is InChI=1S/C12H26O4S.K.Na.H/c1-2-3-4-5-6-7-8-9-10-11-12-16-17(13,14)15;;;/h2-12H2,1H3,(H,13,14,15);;;/q;;+1;/p-1. The molecule has 19 heavy (non-hydrogen) atoms. The Labute approximate surface area is 183 Å². The van der Waals surface area contributed by atoms with E-state index in [4.69, 9.17) is 0 Å². The van der Waals surface area contributed by atoms with Gasteiger partial charge in [0.1, 0.15) is 0 Å².